The lowest BCUT2D eigenvalue weighted by Gasteiger charge is -2.21. The number of rotatable bonds is 2. The summed E-state index contributed by atoms with van der Waals surface area (Å²) in [5.41, 5.74) is 3.54. The van der Waals surface area contributed by atoms with Crippen LogP contribution >= 0.6 is 0 Å². The molecule has 0 bridgehead atoms. The van der Waals surface area contributed by atoms with Crippen LogP contribution in [-0.4, -0.2) is 33.8 Å². The Labute approximate surface area is 212 Å². The Kier molecular flexibility index (Phi) is 6.22. The highest BCUT2D eigenvalue weighted by atomic mass is 16.6. The largest absolute Gasteiger partial charge is 0.458 e. The number of esters is 1. The second-order valence-electron chi connectivity index (χ2n) is 8.48. The minimum absolute atomic E-state index is 0.164. The van der Waals surface area contributed by atoms with E-state index in [9.17, 15) is 19.5 Å². The van der Waals surface area contributed by atoms with E-state index in [0.717, 1.165) is 10.9 Å². The monoisotopic (exact) mass is 499 g/mol. The average Bonchev–Trinajstić information content (AvgIpc) is 3.28. The van der Waals surface area contributed by atoms with Crippen molar-refractivity contribution in [3.8, 4) is 17.1 Å². The molecule has 6 rings (SSSR count). The van der Waals surface area contributed by atoms with E-state index in [1.165, 1.54) is 4.90 Å². The van der Waals surface area contributed by atoms with Crippen molar-refractivity contribution in [2.45, 2.75) is 33.1 Å². The van der Waals surface area contributed by atoms with Gasteiger partial charge in [-0.2, -0.15) is 0 Å². The highest BCUT2D eigenvalue weighted by Crippen LogP contribution is 2.35. The molecule has 1 N–H and O–H groups in total. The van der Waals surface area contributed by atoms with E-state index in [4.69, 9.17) is 14.5 Å². The minimum atomic E-state index is -1.49. The normalized spacial score (nSPS) is 15.0. The van der Waals surface area contributed by atoms with Gasteiger partial charge in [-0.25, -0.2) is 14.6 Å². The summed E-state index contributed by atoms with van der Waals surface area (Å²) >= 11 is 0. The van der Waals surface area contributed by atoms with Crippen molar-refractivity contribution in [2.24, 2.45) is 0 Å². The lowest BCUT2D eigenvalue weighted by atomic mass is 10.0. The summed E-state index contributed by atoms with van der Waals surface area (Å²) in [6.07, 6.45) is -2.02. The first-order chi connectivity index (χ1) is 17.9. The Morgan fingerprint density at radius 3 is 2.62 bits per heavy atom. The molecule has 2 aromatic heterocycles. The molecule has 1 amide bonds. The maximum atomic E-state index is 13.0. The van der Waals surface area contributed by atoms with E-state index in [0.29, 0.717) is 34.9 Å². The van der Waals surface area contributed by atoms with E-state index in [-0.39, 0.29) is 23.3 Å². The van der Waals surface area contributed by atoms with Crippen LogP contribution in [0.2, 0.25) is 0 Å². The van der Waals surface area contributed by atoms with Gasteiger partial charge in [-0.1, -0.05) is 32.0 Å². The molecule has 188 valence electrons. The Morgan fingerprint density at radius 1 is 1.11 bits per heavy atom. The van der Waals surface area contributed by atoms with Gasteiger partial charge in [-0.3, -0.25) is 9.69 Å². The van der Waals surface area contributed by atoms with Gasteiger partial charge in [0, 0.05) is 29.2 Å². The number of ether oxygens (including phenoxy) is 2. The van der Waals surface area contributed by atoms with Crippen molar-refractivity contribution in [1.82, 2.24) is 9.55 Å². The Bertz CT molecular complexity index is 1600. The summed E-state index contributed by atoms with van der Waals surface area (Å²) in [7, 11) is 1.64. The molecule has 0 saturated heterocycles. The van der Waals surface area contributed by atoms with E-state index in [1.807, 2.05) is 50.2 Å². The molecule has 9 nitrogen and oxygen atoms in total. The molecular weight excluding hydrogens is 474 g/mol. The standard InChI is InChI=1S/C26H19N3O6.C2H6/c1-28(16-5-3-2-4-6-16)26(33)35-17-7-8-20-14(10-17)9-15-12-29-21(22(15)27-20)11-18-19(24(29)31)13-34-25(32)23(18)30;1-2/h2-11,23,30H,12-13H2,1H3;1-2H3. The lowest BCUT2D eigenvalue weighted by Crippen LogP contribution is -2.32. The van der Waals surface area contributed by atoms with Crippen LogP contribution in [0.15, 0.2) is 65.5 Å². The van der Waals surface area contributed by atoms with Crippen molar-refractivity contribution in [1.29, 1.82) is 0 Å². The highest BCUT2D eigenvalue weighted by Gasteiger charge is 2.33. The Morgan fingerprint density at radius 2 is 1.86 bits per heavy atom. The molecule has 0 radical (unpaired) electrons. The molecule has 1 atom stereocenters. The highest BCUT2D eigenvalue weighted by molar-refractivity contribution is 5.90. The molecule has 9 heteroatoms. The third-order valence-electron chi connectivity index (χ3n) is 6.37. The van der Waals surface area contributed by atoms with Crippen LogP contribution in [0.3, 0.4) is 0 Å². The molecule has 2 aliphatic rings. The zero-order chi connectivity index (χ0) is 26.3. The van der Waals surface area contributed by atoms with Crippen molar-refractivity contribution in [3.05, 3.63) is 87.7 Å². The molecular formula is C28H25N3O6. The van der Waals surface area contributed by atoms with Gasteiger partial charge < -0.3 is 19.1 Å². The quantitative estimate of drug-likeness (QED) is 0.363. The third kappa shape index (κ3) is 4.13. The number of pyridine rings is 2. The predicted molar refractivity (Wildman–Crippen MR) is 138 cm³/mol. The van der Waals surface area contributed by atoms with Crippen LogP contribution in [0.4, 0.5) is 10.5 Å². The number of carbonyl (C=O) groups is 2. The third-order valence-corrected chi connectivity index (χ3v) is 6.37. The number of carbonyl (C=O) groups excluding carboxylic acids is 2. The number of para-hydroxylation sites is 1. The van der Waals surface area contributed by atoms with Crippen molar-refractivity contribution >= 4 is 28.7 Å². The molecule has 2 aromatic carbocycles. The van der Waals surface area contributed by atoms with Gasteiger partial charge in [0.25, 0.3) is 5.56 Å². The predicted octanol–water partition coefficient (Wildman–Crippen LogP) is 4.18. The number of benzene rings is 2. The van der Waals surface area contributed by atoms with Crippen LogP contribution in [0.25, 0.3) is 22.3 Å². The van der Waals surface area contributed by atoms with Gasteiger partial charge in [0.15, 0.2) is 6.10 Å². The van der Waals surface area contributed by atoms with Crippen LogP contribution in [0.5, 0.6) is 5.75 Å². The van der Waals surface area contributed by atoms with Crippen molar-refractivity contribution in [2.75, 3.05) is 11.9 Å². The first-order valence-corrected chi connectivity index (χ1v) is 12.0. The summed E-state index contributed by atoms with van der Waals surface area (Å²) < 4.78 is 12.0. The molecule has 0 saturated carbocycles. The second-order valence-corrected chi connectivity index (χ2v) is 8.48. The summed E-state index contributed by atoms with van der Waals surface area (Å²) in [6, 6.07) is 17.8. The fourth-order valence-corrected chi connectivity index (χ4v) is 4.50. The zero-order valence-electron chi connectivity index (χ0n) is 20.6. The van der Waals surface area contributed by atoms with E-state index < -0.39 is 18.2 Å². The molecule has 0 fully saturated rings. The number of cyclic esters (lactones) is 1. The molecule has 4 heterocycles. The average molecular weight is 500 g/mol. The van der Waals surface area contributed by atoms with Gasteiger partial charge in [0.1, 0.15) is 12.4 Å². The number of aliphatic hydroxyl groups is 1. The summed E-state index contributed by atoms with van der Waals surface area (Å²) in [4.78, 5) is 43.6. The fraction of sp³-hybridized carbons (Fsp3) is 0.214. The van der Waals surface area contributed by atoms with Crippen LogP contribution in [-0.2, 0) is 22.7 Å². The smallest absolute Gasteiger partial charge is 0.419 e. The van der Waals surface area contributed by atoms with E-state index in [2.05, 4.69) is 0 Å². The van der Waals surface area contributed by atoms with Gasteiger partial charge in [0.05, 0.1) is 29.0 Å². The zero-order valence-corrected chi connectivity index (χ0v) is 20.6. The van der Waals surface area contributed by atoms with Gasteiger partial charge in [-0.15, -0.1) is 0 Å². The maximum Gasteiger partial charge on any atom is 0.419 e. The van der Waals surface area contributed by atoms with Crippen molar-refractivity contribution < 1.29 is 24.2 Å². The minimum Gasteiger partial charge on any atom is -0.458 e. The van der Waals surface area contributed by atoms with Crippen LogP contribution < -0.4 is 15.2 Å². The second kappa shape index (κ2) is 9.51. The van der Waals surface area contributed by atoms with Crippen molar-refractivity contribution in [3.63, 3.8) is 0 Å². The van der Waals surface area contributed by atoms with E-state index in [1.54, 1.807) is 35.9 Å². The fourth-order valence-electron chi connectivity index (χ4n) is 4.50. The lowest BCUT2D eigenvalue weighted by molar-refractivity contribution is -0.157. The number of amides is 1. The number of hydrogen-bond donors (Lipinski definition) is 1. The van der Waals surface area contributed by atoms with Crippen LogP contribution in [0, 0.1) is 0 Å². The number of fused-ring (bicyclic) bond motifs is 5. The number of nitrogens with zero attached hydrogens (tertiary/aromatic N) is 3. The molecule has 1 unspecified atom stereocenters. The van der Waals surface area contributed by atoms with Gasteiger partial charge in [-0.05, 0) is 42.5 Å². The Hall–Kier alpha value is -4.50. The molecule has 2 aliphatic heterocycles. The number of hydrogen-bond acceptors (Lipinski definition) is 7. The summed E-state index contributed by atoms with van der Waals surface area (Å²) in [6.45, 7) is 4.13. The van der Waals surface area contributed by atoms with Gasteiger partial charge >= 0.3 is 12.1 Å². The topological polar surface area (TPSA) is 111 Å². The molecule has 0 aliphatic carbocycles. The Balaban J connectivity index is 0.00000137. The first kappa shape index (κ1) is 24.2. The van der Waals surface area contributed by atoms with Crippen LogP contribution in [0.1, 0.15) is 36.6 Å². The molecule has 0 spiro atoms. The number of aromatic nitrogens is 2. The first-order valence-electron chi connectivity index (χ1n) is 12.0. The van der Waals surface area contributed by atoms with Gasteiger partial charge in [0.2, 0.25) is 0 Å². The summed E-state index contributed by atoms with van der Waals surface area (Å²) in [5.74, 6) is -0.402. The maximum absolute atomic E-state index is 13.0. The SMILES string of the molecule is CC.CN(C(=O)Oc1ccc2nc3c(cc2c1)Cn1c-3cc2c(c1=O)COC(=O)C2O)c1ccccc1. The summed E-state index contributed by atoms with van der Waals surface area (Å²) in [5, 5.41) is 11.0. The number of aliphatic hydroxyl groups excluding tert-OH is 1. The number of anilines is 1. The van der Waals surface area contributed by atoms with E-state index >= 15 is 0 Å². The molecule has 4 aromatic rings. The molecule has 37 heavy (non-hydrogen) atoms.